The summed E-state index contributed by atoms with van der Waals surface area (Å²) in [6, 6.07) is 9.22. The summed E-state index contributed by atoms with van der Waals surface area (Å²) in [5, 5.41) is 0. The van der Waals surface area contributed by atoms with Crippen LogP contribution in [0, 0.1) is 11.3 Å². The second-order valence-electron chi connectivity index (χ2n) is 6.27. The molecule has 1 aromatic carbocycles. The third-order valence-corrected chi connectivity index (χ3v) is 2.45. The molecule has 0 aliphatic carbocycles. The molecule has 0 N–H and O–H groups in total. The van der Waals surface area contributed by atoms with E-state index in [1.807, 2.05) is 18.2 Å². The number of para-hydroxylation sites is 1. The van der Waals surface area contributed by atoms with E-state index in [0.717, 1.165) is 6.42 Å². The number of rotatable bonds is 4. The predicted molar refractivity (Wildman–Crippen MR) is 80.4 cm³/mol. The standard InChI is InChI=1S/C15H22O2.2Na.H2O4S/c1-12(11-15(2,3)4)10-14(16)17-13-8-6-5-7-9-13;;;1-5(2,3)4/h5-9,12H,10-11H2,1-4H3;;;(H2,1,2,3,4)/q;2*+1;/p-2. The largest absolute Gasteiger partial charge is 1.00 e. The molecule has 24 heavy (non-hydrogen) atoms. The Hall–Kier alpha value is 0.560. The van der Waals surface area contributed by atoms with Crippen molar-refractivity contribution in [1.29, 1.82) is 0 Å². The summed E-state index contributed by atoms with van der Waals surface area (Å²) in [6.07, 6.45) is 1.50. The predicted octanol–water partition coefficient (Wildman–Crippen LogP) is -3.28. The Morgan fingerprint density at radius 3 is 1.92 bits per heavy atom. The van der Waals surface area contributed by atoms with Crippen LogP contribution in [0.4, 0.5) is 0 Å². The van der Waals surface area contributed by atoms with E-state index in [0.29, 0.717) is 18.1 Å². The Kier molecular flexibility index (Phi) is 16.8. The van der Waals surface area contributed by atoms with Gasteiger partial charge in [0.2, 0.25) is 0 Å². The van der Waals surface area contributed by atoms with Gasteiger partial charge in [-0.25, -0.2) is 0 Å². The number of hydrogen-bond acceptors (Lipinski definition) is 6. The number of hydrogen-bond donors (Lipinski definition) is 0. The molecule has 0 bridgehead atoms. The van der Waals surface area contributed by atoms with Crippen LogP contribution in [0.2, 0.25) is 0 Å². The second-order valence-corrected chi connectivity index (χ2v) is 7.09. The first kappa shape index (κ1) is 29.3. The number of benzene rings is 1. The monoisotopic (exact) mass is 376 g/mol. The van der Waals surface area contributed by atoms with Crippen molar-refractivity contribution in [3.05, 3.63) is 30.3 Å². The average Bonchev–Trinajstić information content (AvgIpc) is 2.24. The van der Waals surface area contributed by atoms with Gasteiger partial charge in [0.25, 0.3) is 0 Å². The first-order chi connectivity index (χ1) is 9.87. The molecule has 0 saturated carbocycles. The Labute approximate surface area is 188 Å². The molecule has 1 unspecified atom stereocenters. The smallest absolute Gasteiger partial charge is 0.759 e. The molecule has 1 aromatic rings. The van der Waals surface area contributed by atoms with E-state index in [-0.39, 0.29) is 70.5 Å². The fraction of sp³-hybridized carbons (Fsp3) is 0.533. The molecule has 0 amide bonds. The molecule has 0 saturated heterocycles. The minimum absolute atomic E-state index is 0. The van der Waals surface area contributed by atoms with Crippen molar-refractivity contribution in [2.24, 2.45) is 11.3 Å². The Balaban J connectivity index is -0.000000554. The minimum Gasteiger partial charge on any atom is -0.759 e. The van der Waals surface area contributed by atoms with Crippen molar-refractivity contribution in [1.82, 2.24) is 0 Å². The quantitative estimate of drug-likeness (QED) is 0.179. The summed E-state index contributed by atoms with van der Waals surface area (Å²) in [5.41, 5.74) is 0.256. The molecule has 6 nitrogen and oxygen atoms in total. The van der Waals surface area contributed by atoms with Crippen LogP contribution in [0.3, 0.4) is 0 Å². The maximum atomic E-state index is 11.7. The van der Waals surface area contributed by atoms with Gasteiger partial charge < -0.3 is 13.8 Å². The maximum Gasteiger partial charge on any atom is 1.00 e. The van der Waals surface area contributed by atoms with Crippen LogP contribution in [0.25, 0.3) is 0 Å². The summed E-state index contributed by atoms with van der Waals surface area (Å²) in [5.74, 6) is 0.833. The molecule has 0 spiro atoms. The Bertz CT molecular complexity index is 547. The van der Waals surface area contributed by atoms with E-state index in [2.05, 4.69) is 27.7 Å². The van der Waals surface area contributed by atoms with Gasteiger partial charge in [-0.05, 0) is 29.9 Å². The van der Waals surface area contributed by atoms with Gasteiger partial charge in [-0.2, -0.15) is 0 Å². The number of ether oxygens (including phenoxy) is 1. The Morgan fingerprint density at radius 1 is 1.12 bits per heavy atom. The van der Waals surface area contributed by atoms with Crippen molar-refractivity contribution in [3.63, 3.8) is 0 Å². The second kappa shape index (κ2) is 13.7. The van der Waals surface area contributed by atoms with Crippen molar-refractivity contribution in [2.45, 2.75) is 40.5 Å². The van der Waals surface area contributed by atoms with Crippen LogP contribution in [0.1, 0.15) is 40.5 Å². The summed E-state index contributed by atoms with van der Waals surface area (Å²) in [4.78, 5) is 11.7. The third kappa shape index (κ3) is 22.6. The van der Waals surface area contributed by atoms with E-state index in [1.165, 1.54) is 0 Å². The van der Waals surface area contributed by atoms with Crippen LogP contribution in [-0.2, 0) is 15.2 Å². The van der Waals surface area contributed by atoms with E-state index in [1.54, 1.807) is 12.1 Å². The van der Waals surface area contributed by atoms with E-state index in [9.17, 15) is 4.79 Å². The third-order valence-electron chi connectivity index (χ3n) is 2.45. The molecular formula is C15H22Na2O6S. The molecule has 0 fully saturated rings. The van der Waals surface area contributed by atoms with Gasteiger partial charge in [-0.3, -0.25) is 13.2 Å². The van der Waals surface area contributed by atoms with Gasteiger partial charge in [-0.15, -0.1) is 0 Å². The summed E-state index contributed by atoms with van der Waals surface area (Å²) in [7, 11) is -5.17. The normalized spacial score (nSPS) is 11.8. The fourth-order valence-electron chi connectivity index (χ4n) is 2.06. The SMILES string of the molecule is CC(CC(=O)Oc1ccccc1)CC(C)(C)C.O=S(=O)([O-])[O-].[Na+].[Na+]. The first-order valence-electron chi connectivity index (χ1n) is 6.79. The van der Waals surface area contributed by atoms with Gasteiger partial charge >= 0.3 is 65.1 Å². The zero-order valence-electron chi connectivity index (χ0n) is 15.2. The van der Waals surface area contributed by atoms with Crippen LogP contribution < -0.4 is 63.9 Å². The summed E-state index contributed by atoms with van der Waals surface area (Å²) in [6.45, 7) is 8.65. The average molecular weight is 376 g/mol. The molecule has 1 rings (SSSR count). The van der Waals surface area contributed by atoms with E-state index >= 15 is 0 Å². The van der Waals surface area contributed by atoms with Gasteiger partial charge in [0.15, 0.2) is 0 Å². The van der Waals surface area contributed by atoms with Crippen molar-refractivity contribution >= 4 is 16.4 Å². The summed E-state index contributed by atoms with van der Waals surface area (Å²) >= 11 is 0. The molecule has 0 radical (unpaired) electrons. The van der Waals surface area contributed by atoms with Gasteiger partial charge in [0, 0.05) is 16.8 Å². The van der Waals surface area contributed by atoms with Crippen LogP contribution in [0.15, 0.2) is 30.3 Å². The molecule has 0 heterocycles. The summed E-state index contributed by atoms with van der Waals surface area (Å²) < 4.78 is 39.3. The molecular weight excluding hydrogens is 354 g/mol. The molecule has 9 heteroatoms. The van der Waals surface area contributed by atoms with Gasteiger partial charge in [0.05, 0.1) is 0 Å². The molecule has 0 aliphatic rings. The van der Waals surface area contributed by atoms with Gasteiger partial charge in [-0.1, -0.05) is 45.9 Å². The van der Waals surface area contributed by atoms with Crippen molar-refractivity contribution in [3.8, 4) is 5.75 Å². The zero-order chi connectivity index (χ0) is 17.4. The van der Waals surface area contributed by atoms with Crippen LogP contribution in [0.5, 0.6) is 5.75 Å². The molecule has 1 atom stereocenters. The van der Waals surface area contributed by atoms with Crippen molar-refractivity contribution in [2.75, 3.05) is 0 Å². The maximum absolute atomic E-state index is 11.7. The molecule has 126 valence electrons. The molecule has 0 aromatic heterocycles. The van der Waals surface area contributed by atoms with E-state index < -0.39 is 10.4 Å². The number of carbonyl (C=O) groups is 1. The van der Waals surface area contributed by atoms with Crippen LogP contribution in [-0.4, -0.2) is 23.5 Å². The Morgan fingerprint density at radius 2 is 1.54 bits per heavy atom. The number of esters is 1. The first-order valence-corrected chi connectivity index (χ1v) is 8.12. The molecule has 0 aliphatic heterocycles. The van der Waals surface area contributed by atoms with Crippen LogP contribution >= 0.6 is 0 Å². The number of carbonyl (C=O) groups excluding carboxylic acids is 1. The minimum atomic E-state index is -5.17. The van der Waals surface area contributed by atoms with Crippen molar-refractivity contribution < 1.29 is 86.2 Å². The van der Waals surface area contributed by atoms with E-state index in [4.69, 9.17) is 22.3 Å². The topological polar surface area (TPSA) is 107 Å². The van der Waals surface area contributed by atoms with Gasteiger partial charge in [0.1, 0.15) is 5.75 Å². The zero-order valence-corrected chi connectivity index (χ0v) is 20.1. The fourth-order valence-corrected chi connectivity index (χ4v) is 2.06.